The highest BCUT2D eigenvalue weighted by Crippen LogP contribution is 2.13. The third kappa shape index (κ3) is 7.38. The van der Waals surface area contributed by atoms with Crippen LogP contribution >= 0.6 is 0 Å². The molecule has 7 heteroatoms. The molecule has 7 nitrogen and oxygen atoms in total. The van der Waals surface area contributed by atoms with Crippen LogP contribution < -0.4 is 10.6 Å². The van der Waals surface area contributed by atoms with Crippen LogP contribution in [0.1, 0.15) is 38.7 Å². The zero-order chi connectivity index (χ0) is 19.6. The summed E-state index contributed by atoms with van der Waals surface area (Å²) in [4.78, 5) is 17.5. The molecule has 0 amide bonds. The molecule has 1 aliphatic rings. The summed E-state index contributed by atoms with van der Waals surface area (Å²) in [6, 6.07) is 6.94. The minimum Gasteiger partial charge on any atom is -0.354 e. The van der Waals surface area contributed by atoms with E-state index in [0.717, 1.165) is 43.0 Å². The van der Waals surface area contributed by atoms with Crippen LogP contribution in [0.5, 0.6) is 0 Å². The molecule has 0 unspecified atom stereocenters. The molecule has 27 heavy (non-hydrogen) atoms. The van der Waals surface area contributed by atoms with E-state index in [1.807, 2.05) is 6.92 Å². The molecule has 2 rings (SSSR count). The van der Waals surface area contributed by atoms with Crippen molar-refractivity contribution in [3.63, 3.8) is 0 Å². The Kier molecular flexibility index (Phi) is 8.26. The van der Waals surface area contributed by atoms with Crippen LogP contribution in [0.4, 0.5) is 5.69 Å². The monoisotopic (exact) mass is 373 g/mol. The average Bonchev–Trinajstić information content (AvgIpc) is 2.66. The Hall–Kier alpha value is -2.41. The van der Waals surface area contributed by atoms with E-state index in [4.69, 9.17) is 0 Å². The SMILES string of the molecule is C=C(C)CNC(=NCc1ccc([N+](=O)[O-])cc1)NC1CCN(CCC)CC1. The number of benzene rings is 1. The predicted molar refractivity (Wildman–Crippen MR) is 110 cm³/mol. The van der Waals surface area contributed by atoms with Crippen LogP contribution in [0.2, 0.25) is 0 Å². The number of aliphatic imine (C=N–C) groups is 1. The number of nitro benzene ring substituents is 1. The molecule has 0 radical (unpaired) electrons. The molecule has 0 atom stereocenters. The van der Waals surface area contributed by atoms with Crippen molar-refractivity contribution >= 4 is 11.6 Å². The highest BCUT2D eigenvalue weighted by Gasteiger charge is 2.19. The van der Waals surface area contributed by atoms with Gasteiger partial charge in [-0.2, -0.15) is 0 Å². The second kappa shape index (κ2) is 10.7. The van der Waals surface area contributed by atoms with E-state index in [0.29, 0.717) is 19.1 Å². The minimum absolute atomic E-state index is 0.0975. The Morgan fingerprint density at radius 2 is 2.00 bits per heavy atom. The van der Waals surface area contributed by atoms with Gasteiger partial charge in [-0.15, -0.1) is 0 Å². The molecule has 2 N–H and O–H groups in total. The molecule has 1 aromatic carbocycles. The first-order valence-corrected chi connectivity index (χ1v) is 9.63. The van der Waals surface area contributed by atoms with Crippen molar-refractivity contribution in [2.75, 3.05) is 26.2 Å². The molecule has 1 fully saturated rings. The van der Waals surface area contributed by atoms with Crippen molar-refractivity contribution in [3.8, 4) is 0 Å². The van der Waals surface area contributed by atoms with Crippen LogP contribution in [0.3, 0.4) is 0 Å². The van der Waals surface area contributed by atoms with Gasteiger partial charge in [0.25, 0.3) is 5.69 Å². The van der Waals surface area contributed by atoms with E-state index in [1.165, 1.54) is 25.1 Å². The fourth-order valence-corrected chi connectivity index (χ4v) is 3.09. The van der Waals surface area contributed by atoms with Gasteiger partial charge in [0.05, 0.1) is 11.5 Å². The third-order valence-corrected chi connectivity index (χ3v) is 4.59. The van der Waals surface area contributed by atoms with Gasteiger partial charge in [-0.1, -0.05) is 31.2 Å². The van der Waals surface area contributed by atoms with Gasteiger partial charge in [0.1, 0.15) is 0 Å². The molecule has 1 aliphatic heterocycles. The summed E-state index contributed by atoms with van der Waals surface area (Å²) in [5, 5.41) is 17.6. The summed E-state index contributed by atoms with van der Waals surface area (Å²) < 4.78 is 0. The van der Waals surface area contributed by atoms with E-state index < -0.39 is 0 Å². The minimum atomic E-state index is -0.390. The fourth-order valence-electron chi connectivity index (χ4n) is 3.09. The first-order chi connectivity index (χ1) is 13.0. The zero-order valence-electron chi connectivity index (χ0n) is 16.4. The smallest absolute Gasteiger partial charge is 0.269 e. The Morgan fingerprint density at radius 1 is 1.33 bits per heavy atom. The second-order valence-electron chi connectivity index (χ2n) is 7.16. The molecule has 0 spiro atoms. The molecular formula is C20H31N5O2. The van der Waals surface area contributed by atoms with E-state index in [1.54, 1.807) is 12.1 Å². The molecule has 0 saturated carbocycles. The molecule has 1 saturated heterocycles. The topological polar surface area (TPSA) is 82.8 Å². The summed E-state index contributed by atoms with van der Waals surface area (Å²) in [6.45, 7) is 12.7. The number of non-ortho nitro benzene ring substituents is 1. The number of nitro groups is 1. The highest BCUT2D eigenvalue weighted by atomic mass is 16.6. The van der Waals surface area contributed by atoms with E-state index in [2.05, 4.69) is 34.0 Å². The highest BCUT2D eigenvalue weighted by molar-refractivity contribution is 5.80. The van der Waals surface area contributed by atoms with Crippen molar-refractivity contribution < 1.29 is 4.92 Å². The molecule has 0 aromatic heterocycles. The number of hydrogen-bond acceptors (Lipinski definition) is 4. The van der Waals surface area contributed by atoms with E-state index in [-0.39, 0.29) is 10.6 Å². The lowest BCUT2D eigenvalue weighted by atomic mass is 10.1. The Bertz CT molecular complexity index is 649. The maximum Gasteiger partial charge on any atom is 0.269 e. The molecular weight excluding hydrogens is 342 g/mol. The zero-order valence-corrected chi connectivity index (χ0v) is 16.4. The third-order valence-electron chi connectivity index (χ3n) is 4.59. The molecule has 0 aliphatic carbocycles. The van der Waals surface area contributed by atoms with Crippen molar-refractivity contribution in [3.05, 3.63) is 52.1 Å². The quantitative estimate of drug-likeness (QED) is 0.241. The summed E-state index contributed by atoms with van der Waals surface area (Å²) in [5.41, 5.74) is 2.08. The number of guanidine groups is 1. The van der Waals surface area contributed by atoms with Gasteiger partial charge in [0.2, 0.25) is 0 Å². The summed E-state index contributed by atoms with van der Waals surface area (Å²) >= 11 is 0. The number of piperidine rings is 1. The van der Waals surface area contributed by atoms with Crippen molar-refractivity contribution in [1.29, 1.82) is 0 Å². The van der Waals surface area contributed by atoms with Gasteiger partial charge in [-0.05, 0) is 38.3 Å². The molecule has 1 aromatic rings. The Balaban J connectivity index is 1.95. The first kappa shape index (κ1) is 20.9. The molecule has 0 bridgehead atoms. The van der Waals surface area contributed by atoms with Crippen molar-refractivity contribution in [2.45, 2.75) is 45.7 Å². The van der Waals surface area contributed by atoms with Crippen LogP contribution in [0, 0.1) is 10.1 Å². The number of nitrogens with one attached hydrogen (secondary N) is 2. The molecule has 1 heterocycles. The lowest BCUT2D eigenvalue weighted by Gasteiger charge is -2.32. The van der Waals surface area contributed by atoms with Crippen LogP contribution in [-0.2, 0) is 6.54 Å². The van der Waals surface area contributed by atoms with Crippen molar-refractivity contribution in [2.24, 2.45) is 4.99 Å². The second-order valence-corrected chi connectivity index (χ2v) is 7.16. The number of hydrogen-bond donors (Lipinski definition) is 2. The van der Waals surface area contributed by atoms with Gasteiger partial charge in [-0.3, -0.25) is 10.1 Å². The van der Waals surface area contributed by atoms with Crippen LogP contribution in [0.25, 0.3) is 0 Å². The van der Waals surface area contributed by atoms with Gasteiger partial charge < -0.3 is 15.5 Å². The van der Waals surface area contributed by atoms with E-state index >= 15 is 0 Å². The normalized spacial score (nSPS) is 16.1. The number of nitrogens with zero attached hydrogens (tertiary/aromatic N) is 3. The van der Waals surface area contributed by atoms with Gasteiger partial charge in [-0.25, -0.2) is 4.99 Å². The fraction of sp³-hybridized carbons (Fsp3) is 0.550. The standard InChI is InChI=1S/C20H31N5O2/c1-4-11-24-12-9-18(10-13-24)23-20(21-14-16(2)3)22-15-17-5-7-19(8-6-17)25(26)27/h5-8,18H,2,4,9-15H2,1,3H3,(H2,21,22,23). The summed E-state index contributed by atoms with van der Waals surface area (Å²) in [6.07, 6.45) is 3.40. The van der Waals surface area contributed by atoms with Crippen LogP contribution in [-0.4, -0.2) is 48.0 Å². The predicted octanol–water partition coefficient (Wildman–Crippen LogP) is 3.08. The summed E-state index contributed by atoms with van der Waals surface area (Å²) in [5.74, 6) is 0.769. The van der Waals surface area contributed by atoms with Gasteiger partial charge >= 0.3 is 0 Å². The lowest BCUT2D eigenvalue weighted by Crippen LogP contribution is -2.49. The van der Waals surface area contributed by atoms with Gasteiger partial charge in [0.15, 0.2) is 5.96 Å². The largest absolute Gasteiger partial charge is 0.354 e. The maximum atomic E-state index is 10.8. The maximum absolute atomic E-state index is 10.8. The Morgan fingerprint density at radius 3 is 2.56 bits per heavy atom. The Labute approximate surface area is 161 Å². The van der Waals surface area contributed by atoms with Crippen molar-refractivity contribution in [1.82, 2.24) is 15.5 Å². The van der Waals surface area contributed by atoms with Gasteiger partial charge in [0, 0.05) is 37.8 Å². The van der Waals surface area contributed by atoms with E-state index in [9.17, 15) is 10.1 Å². The molecule has 148 valence electrons. The number of rotatable bonds is 8. The number of likely N-dealkylation sites (tertiary alicyclic amines) is 1. The van der Waals surface area contributed by atoms with Crippen LogP contribution in [0.15, 0.2) is 41.4 Å². The first-order valence-electron chi connectivity index (χ1n) is 9.63. The lowest BCUT2D eigenvalue weighted by molar-refractivity contribution is -0.384. The average molecular weight is 374 g/mol. The summed E-state index contributed by atoms with van der Waals surface area (Å²) in [7, 11) is 0.